The van der Waals surface area contributed by atoms with Crippen LogP contribution in [0.3, 0.4) is 0 Å². The molecule has 0 spiro atoms. The molecule has 0 saturated heterocycles. The summed E-state index contributed by atoms with van der Waals surface area (Å²) in [7, 11) is 0. The Morgan fingerprint density at radius 2 is 1.76 bits per heavy atom. The lowest BCUT2D eigenvalue weighted by atomic mass is 10.2. The molecule has 0 bridgehead atoms. The molecule has 5 heteroatoms. The molecule has 2 aromatic rings. The minimum atomic E-state index is -1.39. The zero-order valence-electron chi connectivity index (χ0n) is 8.88. The number of nitrogens with zero attached hydrogens (tertiary/aromatic N) is 1. The molecule has 0 aliphatic carbocycles. The van der Waals surface area contributed by atoms with Crippen molar-refractivity contribution in [2.24, 2.45) is 0 Å². The van der Waals surface area contributed by atoms with E-state index < -0.39 is 23.5 Å². The van der Waals surface area contributed by atoms with Crippen LogP contribution in [-0.4, -0.2) is 4.98 Å². The van der Waals surface area contributed by atoms with Crippen LogP contribution in [0.2, 0.25) is 0 Å². The maximum Gasteiger partial charge on any atom is 0.258 e. The number of hydrogen-bond donors (Lipinski definition) is 0. The van der Waals surface area contributed by atoms with Gasteiger partial charge in [0.25, 0.3) is 11.8 Å². The normalized spacial score (nSPS) is 10.4. The molecule has 0 saturated carbocycles. The van der Waals surface area contributed by atoms with Crippen LogP contribution in [0.1, 0.15) is 5.56 Å². The SMILES string of the molecule is Cc1ccccc1Oc1nc(F)c(F)cc1F. The minimum Gasteiger partial charge on any atom is -0.436 e. The van der Waals surface area contributed by atoms with E-state index in [0.29, 0.717) is 11.8 Å². The van der Waals surface area contributed by atoms with Gasteiger partial charge in [-0.25, -0.2) is 8.78 Å². The molecular weight excluding hydrogens is 231 g/mol. The van der Waals surface area contributed by atoms with Crippen LogP contribution in [-0.2, 0) is 0 Å². The van der Waals surface area contributed by atoms with Crippen molar-refractivity contribution in [1.82, 2.24) is 4.98 Å². The zero-order valence-corrected chi connectivity index (χ0v) is 8.88. The molecule has 0 N–H and O–H groups in total. The average Bonchev–Trinajstić information content (AvgIpc) is 2.29. The van der Waals surface area contributed by atoms with E-state index in [1.165, 1.54) is 0 Å². The lowest BCUT2D eigenvalue weighted by Gasteiger charge is -2.08. The van der Waals surface area contributed by atoms with Crippen molar-refractivity contribution in [1.29, 1.82) is 0 Å². The van der Waals surface area contributed by atoms with Crippen LogP contribution in [0.25, 0.3) is 0 Å². The van der Waals surface area contributed by atoms with E-state index in [2.05, 4.69) is 4.98 Å². The molecule has 0 amide bonds. The summed E-state index contributed by atoms with van der Waals surface area (Å²) < 4.78 is 43.8. The Morgan fingerprint density at radius 3 is 2.47 bits per heavy atom. The van der Waals surface area contributed by atoms with Crippen molar-refractivity contribution in [3.8, 4) is 11.6 Å². The molecule has 0 atom stereocenters. The minimum absolute atomic E-state index is 0.338. The lowest BCUT2D eigenvalue weighted by Crippen LogP contribution is -1.98. The van der Waals surface area contributed by atoms with Gasteiger partial charge in [-0.3, -0.25) is 0 Å². The highest BCUT2D eigenvalue weighted by molar-refractivity contribution is 5.35. The highest BCUT2D eigenvalue weighted by Crippen LogP contribution is 2.25. The monoisotopic (exact) mass is 239 g/mol. The Bertz CT molecular complexity index is 557. The van der Waals surface area contributed by atoms with Gasteiger partial charge in [0.05, 0.1) is 0 Å². The number of para-hydroxylation sites is 1. The van der Waals surface area contributed by atoms with Crippen LogP contribution in [0.5, 0.6) is 11.6 Å². The smallest absolute Gasteiger partial charge is 0.258 e. The van der Waals surface area contributed by atoms with Gasteiger partial charge >= 0.3 is 0 Å². The van der Waals surface area contributed by atoms with Gasteiger partial charge in [0.2, 0.25) is 0 Å². The summed E-state index contributed by atoms with van der Waals surface area (Å²) in [4.78, 5) is 3.07. The van der Waals surface area contributed by atoms with Crippen molar-refractivity contribution in [3.05, 3.63) is 53.5 Å². The molecule has 2 rings (SSSR count). The maximum absolute atomic E-state index is 13.3. The topological polar surface area (TPSA) is 22.1 Å². The molecule has 1 aromatic carbocycles. The van der Waals surface area contributed by atoms with Gasteiger partial charge in [0.1, 0.15) is 5.75 Å². The van der Waals surface area contributed by atoms with Crippen molar-refractivity contribution >= 4 is 0 Å². The van der Waals surface area contributed by atoms with Gasteiger partial charge < -0.3 is 4.74 Å². The van der Waals surface area contributed by atoms with Crippen molar-refractivity contribution in [2.75, 3.05) is 0 Å². The van der Waals surface area contributed by atoms with Gasteiger partial charge in [-0.1, -0.05) is 18.2 Å². The number of rotatable bonds is 2. The number of halogens is 3. The standard InChI is InChI=1S/C12H8F3NO/c1-7-4-2-3-5-10(7)17-12-9(14)6-8(13)11(15)16-12/h2-6H,1H3. The van der Waals surface area contributed by atoms with Gasteiger partial charge in [-0.2, -0.15) is 9.37 Å². The third-order valence-corrected chi connectivity index (χ3v) is 2.15. The average molecular weight is 239 g/mol. The Labute approximate surface area is 95.7 Å². The van der Waals surface area contributed by atoms with Gasteiger partial charge in [0.15, 0.2) is 11.6 Å². The predicted molar refractivity (Wildman–Crippen MR) is 55.4 cm³/mol. The van der Waals surface area contributed by atoms with E-state index in [4.69, 9.17) is 4.74 Å². The molecule has 0 unspecified atom stereocenters. The van der Waals surface area contributed by atoms with E-state index >= 15 is 0 Å². The molecule has 1 aromatic heterocycles. The van der Waals surface area contributed by atoms with E-state index in [-0.39, 0.29) is 0 Å². The number of aromatic nitrogens is 1. The zero-order chi connectivity index (χ0) is 12.4. The first-order valence-electron chi connectivity index (χ1n) is 4.83. The molecule has 1 heterocycles. The van der Waals surface area contributed by atoms with Crippen LogP contribution in [0.4, 0.5) is 13.2 Å². The third kappa shape index (κ3) is 2.38. The van der Waals surface area contributed by atoms with E-state index in [1.54, 1.807) is 31.2 Å². The molecule has 2 nitrogen and oxygen atoms in total. The molecule has 0 aliphatic heterocycles. The highest BCUT2D eigenvalue weighted by atomic mass is 19.2. The van der Waals surface area contributed by atoms with Crippen molar-refractivity contribution in [3.63, 3.8) is 0 Å². The highest BCUT2D eigenvalue weighted by Gasteiger charge is 2.14. The number of ether oxygens (including phenoxy) is 1. The van der Waals surface area contributed by atoms with Crippen LogP contribution < -0.4 is 4.74 Å². The summed E-state index contributed by atoms with van der Waals surface area (Å²) in [5.41, 5.74) is 0.735. The fourth-order valence-electron chi connectivity index (χ4n) is 1.28. The second-order valence-electron chi connectivity index (χ2n) is 3.42. The van der Waals surface area contributed by atoms with Crippen LogP contribution in [0, 0.1) is 24.5 Å². The molecule has 0 aliphatic rings. The summed E-state index contributed by atoms with van der Waals surface area (Å²) in [6.45, 7) is 1.74. The molecule has 17 heavy (non-hydrogen) atoms. The number of pyridine rings is 1. The Balaban J connectivity index is 2.37. The van der Waals surface area contributed by atoms with Gasteiger partial charge in [-0.05, 0) is 18.6 Å². The second-order valence-corrected chi connectivity index (χ2v) is 3.42. The fourth-order valence-corrected chi connectivity index (χ4v) is 1.28. The largest absolute Gasteiger partial charge is 0.436 e. The quantitative estimate of drug-likeness (QED) is 0.747. The lowest BCUT2D eigenvalue weighted by molar-refractivity contribution is 0.385. The van der Waals surface area contributed by atoms with Crippen molar-refractivity contribution < 1.29 is 17.9 Å². The van der Waals surface area contributed by atoms with E-state index in [1.807, 2.05) is 0 Å². The number of hydrogen-bond acceptors (Lipinski definition) is 2. The molecule has 88 valence electrons. The second kappa shape index (κ2) is 4.45. The molecule has 0 radical (unpaired) electrons. The Hall–Kier alpha value is -2.04. The summed E-state index contributed by atoms with van der Waals surface area (Å²) in [6.07, 6.45) is 0. The molecule has 0 fully saturated rings. The summed E-state index contributed by atoms with van der Waals surface area (Å²) in [6, 6.07) is 7.18. The summed E-state index contributed by atoms with van der Waals surface area (Å²) >= 11 is 0. The van der Waals surface area contributed by atoms with Crippen molar-refractivity contribution in [2.45, 2.75) is 6.92 Å². The van der Waals surface area contributed by atoms with E-state index in [0.717, 1.165) is 5.56 Å². The first-order chi connectivity index (χ1) is 8.08. The third-order valence-electron chi connectivity index (χ3n) is 2.15. The number of aryl methyl sites for hydroxylation is 1. The molecular formula is C12H8F3NO. The summed E-state index contributed by atoms with van der Waals surface area (Å²) in [5, 5.41) is 0. The maximum atomic E-state index is 13.3. The van der Waals surface area contributed by atoms with Gasteiger partial charge in [-0.15, -0.1) is 0 Å². The predicted octanol–water partition coefficient (Wildman–Crippen LogP) is 3.60. The fraction of sp³-hybridized carbons (Fsp3) is 0.0833. The van der Waals surface area contributed by atoms with Gasteiger partial charge in [0, 0.05) is 6.07 Å². The first-order valence-corrected chi connectivity index (χ1v) is 4.83. The van der Waals surface area contributed by atoms with Crippen LogP contribution >= 0.6 is 0 Å². The first kappa shape index (κ1) is 11.4. The van der Waals surface area contributed by atoms with E-state index in [9.17, 15) is 13.2 Å². The Kier molecular flexibility index (Phi) is 2.99. The number of benzene rings is 1. The Morgan fingerprint density at radius 1 is 1.06 bits per heavy atom. The summed E-state index contributed by atoms with van der Waals surface area (Å²) in [5.74, 6) is -4.04. The van der Waals surface area contributed by atoms with Crippen LogP contribution in [0.15, 0.2) is 30.3 Å².